The molecule has 4 aromatic rings. The zero-order valence-corrected chi connectivity index (χ0v) is 22.7. The van der Waals surface area contributed by atoms with Gasteiger partial charge in [-0.25, -0.2) is 0 Å². The van der Waals surface area contributed by atoms with Gasteiger partial charge in [-0.1, -0.05) is 65.8 Å². The molecular weight excluding hydrogens is 440 g/mol. The molecule has 2 aliphatic heterocycles. The van der Waals surface area contributed by atoms with Gasteiger partial charge in [0, 0.05) is 21.9 Å². The summed E-state index contributed by atoms with van der Waals surface area (Å²) in [4.78, 5) is 0. The van der Waals surface area contributed by atoms with Crippen LogP contribution in [0.4, 0.5) is 0 Å². The third kappa shape index (κ3) is 2.97. The summed E-state index contributed by atoms with van der Waals surface area (Å²) in [6, 6.07) is 18.2. The number of benzene rings is 4. The molecule has 0 saturated carbocycles. The first-order valence-corrected chi connectivity index (χ1v) is 14.1. The first kappa shape index (κ1) is 23.4. The van der Waals surface area contributed by atoms with E-state index in [1.54, 1.807) is 0 Å². The molecule has 0 N–H and O–H groups in total. The topological polar surface area (TPSA) is 26.3 Å². The van der Waals surface area contributed by atoms with E-state index in [0.29, 0.717) is 0 Å². The van der Waals surface area contributed by atoms with E-state index in [4.69, 9.17) is 8.83 Å². The second-order valence-corrected chi connectivity index (χ2v) is 10.9. The maximum atomic E-state index is 6.71. The summed E-state index contributed by atoms with van der Waals surface area (Å²) >= 11 is 0. The Morgan fingerprint density at radius 1 is 0.472 bits per heavy atom. The molecule has 0 spiro atoms. The van der Waals surface area contributed by atoms with Crippen molar-refractivity contribution in [1.82, 2.24) is 0 Å². The smallest absolute Gasteiger partial charge is 0.136 e. The van der Waals surface area contributed by atoms with Crippen molar-refractivity contribution in [3.63, 3.8) is 0 Å². The van der Waals surface area contributed by atoms with Crippen LogP contribution in [0.3, 0.4) is 0 Å². The van der Waals surface area contributed by atoms with Crippen molar-refractivity contribution in [2.45, 2.75) is 90.9 Å². The maximum Gasteiger partial charge on any atom is 0.136 e. The molecule has 2 nitrogen and oxygen atoms in total. The molecule has 2 heterocycles. The van der Waals surface area contributed by atoms with Gasteiger partial charge >= 0.3 is 0 Å². The van der Waals surface area contributed by atoms with Crippen LogP contribution in [0.25, 0.3) is 55.0 Å². The highest BCUT2D eigenvalue weighted by atomic mass is 16.3. The van der Waals surface area contributed by atoms with Crippen molar-refractivity contribution in [3.8, 4) is 11.1 Å². The van der Waals surface area contributed by atoms with Crippen LogP contribution in [0.5, 0.6) is 0 Å². The molecule has 186 valence electrons. The summed E-state index contributed by atoms with van der Waals surface area (Å²) < 4.78 is 13.4. The van der Waals surface area contributed by atoms with Crippen molar-refractivity contribution < 1.29 is 8.83 Å². The van der Waals surface area contributed by atoms with Gasteiger partial charge in [-0.15, -0.1) is 0 Å². The Hall–Kier alpha value is -3.00. The van der Waals surface area contributed by atoms with E-state index in [2.05, 4.69) is 90.1 Å². The number of hydrogen-bond acceptors (Lipinski definition) is 2. The minimum Gasteiger partial charge on any atom is -0.456 e. The number of hydrogen-bond donors (Lipinski definition) is 0. The summed E-state index contributed by atoms with van der Waals surface area (Å²) in [5.74, 6) is 0. The predicted molar refractivity (Wildman–Crippen MR) is 154 cm³/mol. The highest BCUT2D eigenvalue weighted by Crippen LogP contribution is 2.50. The molecule has 6 rings (SSSR count). The highest BCUT2D eigenvalue weighted by Gasteiger charge is 2.32. The Bertz CT molecular complexity index is 1510. The summed E-state index contributed by atoms with van der Waals surface area (Å²) in [6.45, 7) is 13.9. The normalized spacial score (nSPS) is 13.4. The van der Waals surface area contributed by atoms with Crippen molar-refractivity contribution >= 4 is 43.9 Å². The molecule has 2 aliphatic rings. The van der Waals surface area contributed by atoms with Gasteiger partial charge < -0.3 is 8.83 Å². The fourth-order valence-electron chi connectivity index (χ4n) is 7.22. The van der Waals surface area contributed by atoms with E-state index in [0.717, 1.165) is 60.9 Å². The van der Waals surface area contributed by atoms with Crippen LogP contribution < -0.4 is 0 Å². The van der Waals surface area contributed by atoms with Crippen molar-refractivity contribution in [2.24, 2.45) is 0 Å². The van der Waals surface area contributed by atoms with Gasteiger partial charge in [-0.2, -0.15) is 0 Å². The molecule has 0 bridgehead atoms. The zero-order valence-electron chi connectivity index (χ0n) is 22.7. The van der Waals surface area contributed by atoms with E-state index in [-0.39, 0.29) is 10.8 Å². The van der Waals surface area contributed by atoms with Gasteiger partial charge in [-0.05, 0) is 95.5 Å². The molecule has 0 aliphatic carbocycles. The van der Waals surface area contributed by atoms with Gasteiger partial charge in [0.15, 0.2) is 0 Å². The highest BCUT2D eigenvalue weighted by molar-refractivity contribution is 6.23. The van der Waals surface area contributed by atoms with E-state index < -0.39 is 0 Å². The lowest BCUT2D eigenvalue weighted by atomic mass is 9.72. The van der Waals surface area contributed by atoms with Gasteiger partial charge in [-0.3, -0.25) is 0 Å². The molecule has 4 aromatic carbocycles. The summed E-state index contributed by atoms with van der Waals surface area (Å²) in [5.41, 5.74) is 9.36. The molecule has 0 fully saturated rings. The molecule has 0 atom stereocenters. The lowest BCUT2D eigenvalue weighted by molar-refractivity contribution is 0.382. The minimum absolute atomic E-state index is 0.179. The quantitative estimate of drug-likeness (QED) is 0.161. The Morgan fingerprint density at radius 2 is 0.833 bits per heavy atom. The lowest BCUT2D eigenvalue weighted by Crippen LogP contribution is -2.23. The Labute approximate surface area is 214 Å². The zero-order chi connectivity index (χ0) is 25.2. The summed E-state index contributed by atoms with van der Waals surface area (Å²) in [5, 5.41) is 4.87. The molecule has 0 amide bonds. The molecular formula is C34H38O2. The molecule has 36 heavy (non-hydrogen) atoms. The third-order valence-corrected chi connectivity index (χ3v) is 10.1. The van der Waals surface area contributed by atoms with E-state index >= 15 is 0 Å². The largest absolute Gasteiger partial charge is 0.456 e. The average molecular weight is 479 g/mol. The Morgan fingerprint density at radius 3 is 1.17 bits per heavy atom. The molecule has 0 radical (unpaired) electrons. The Balaban J connectivity index is 1.72. The second-order valence-electron chi connectivity index (χ2n) is 10.9. The predicted octanol–water partition coefficient (Wildman–Crippen LogP) is 11.0. The van der Waals surface area contributed by atoms with E-state index in [9.17, 15) is 0 Å². The molecule has 0 aromatic heterocycles. The molecule has 2 heteroatoms. The van der Waals surface area contributed by atoms with Crippen LogP contribution in [0, 0.1) is 0 Å². The van der Waals surface area contributed by atoms with Crippen LogP contribution in [0.2, 0.25) is 0 Å². The Kier molecular flexibility index (Phi) is 5.37. The second kappa shape index (κ2) is 8.26. The standard InChI is InChI=1S/C34H38O2/c1-7-33(8-2,9-3)23-17-21-13-15-26-31-29(21)27(19-23)35-25-16-14-22-18-24(34(10-4,11-5)12-6)20-28(36-26)30(22)32(25)31/h13-20H,7-12H2,1-6H3. The fourth-order valence-corrected chi connectivity index (χ4v) is 7.22. The van der Waals surface area contributed by atoms with Crippen LogP contribution in [-0.4, -0.2) is 0 Å². The average Bonchev–Trinajstić information content (AvgIpc) is 2.92. The SMILES string of the molecule is CCC(CC)(CC)c1cc2ccc3oc4cc(C(CC)(CC)CC)cc5ccc6oc(c1)c2c3-c6c54. The van der Waals surface area contributed by atoms with Gasteiger partial charge in [0.05, 0.1) is 0 Å². The van der Waals surface area contributed by atoms with Crippen LogP contribution in [0.1, 0.15) is 91.2 Å². The fraction of sp³-hybridized carbons (Fsp3) is 0.412. The summed E-state index contributed by atoms with van der Waals surface area (Å²) in [7, 11) is 0. The van der Waals surface area contributed by atoms with Crippen LogP contribution >= 0.6 is 0 Å². The minimum atomic E-state index is 0.179. The van der Waals surface area contributed by atoms with E-state index in [1.165, 1.54) is 43.8 Å². The number of rotatable bonds is 8. The monoisotopic (exact) mass is 478 g/mol. The lowest BCUT2D eigenvalue weighted by Gasteiger charge is -2.32. The molecule has 0 saturated heterocycles. The maximum absolute atomic E-state index is 6.71. The van der Waals surface area contributed by atoms with Gasteiger partial charge in [0.1, 0.15) is 22.3 Å². The van der Waals surface area contributed by atoms with Crippen LogP contribution in [0.15, 0.2) is 57.4 Å². The first-order chi connectivity index (χ1) is 17.5. The first-order valence-electron chi connectivity index (χ1n) is 14.1. The molecule has 0 unspecified atom stereocenters. The van der Waals surface area contributed by atoms with Crippen LogP contribution in [-0.2, 0) is 10.8 Å². The van der Waals surface area contributed by atoms with Crippen molar-refractivity contribution in [3.05, 3.63) is 59.7 Å². The third-order valence-electron chi connectivity index (χ3n) is 10.1. The van der Waals surface area contributed by atoms with E-state index in [1.807, 2.05) is 0 Å². The van der Waals surface area contributed by atoms with Crippen molar-refractivity contribution in [1.29, 1.82) is 0 Å². The van der Waals surface area contributed by atoms with Gasteiger partial charge in [0.2, 0.25) is 0 Å². The summed E-state index contributed by atoms with van der Waals surface area (Å²) in [6.07, 6.45) is 6.75. The van der Waals surface area contributed by atoms with Gasteiger partial charge in [0.25, 0.3) is 0 Å². The van der Waals surface area contributed by atoms with Crippen molar-refractivity contribution in [2.75, 3.05) is 0 Å².